The van der Waals surface area contributed by atoms with Crippen molar-refractivity contribution >= 4 is 17.3 Å². The predicted octanol–water partition coefficient (Wildman–Crippen LogP) is 3.09. The summed E-state index contributed by atoms with van der Waals surface area (Å²) in [6.45, 7) is 5.27. The van der Waals surface area contributed by atoms with E-state index in [1.165, 1.54) is 23.6 Å². The molecule has 0 unspecified atom stereocenters. The van der Waals surface area contributed by atoms with E-state index in [0.29, 0.717) is 5.56 Å². The van der Waals surface area contributed by atoms with Crippen LogP contribution in [0.3, 0.4) is 0 Å². The molecule has 29 heavy (non-hydrogen) atoms. The fourth-order valence-electron chi connectivity index (χ4n) is 3.59. The molecule has 148 valence electrons. The van der Waals surface area contributed by atoms with Crippen molar-refractivity contribution in [3.63, 3.8) is 0 Å². The number of hydrogen-bond acceptors (Lipinski definition) is 5. The van der Waals surface area contributed by atoms with Gasteiger partial charge in [0.15, 0.2) is 0 Å². The second-order valence-electron chi connectivity index (χ2n) is 7.20. The first kappa shape index (κ1) is 19.1. The van der Waals surface area contributed by atoms with Crippen LogP contribution in [-0.4, -0.2) is 53.7 Å². The maximum absolute atomic E-state index is 12.3. The summed E-state index contributed by atoms with van der Waals surface area (Å²) in [7, 11) is 0. The summed E-state index contributed by atoms with van der Waals surface area (Å²) in [4.78, 5) is 17.2. The van der Waals surface area contributed by atoms with E-state index in [1.807, 2.05) is 18.2 Å². The summed E-state index contributed by atoms with van der Waals surface area (Å²) in [5.74, 6) is -0.172. The topological polar surface area (TPSA) is 61.4 Å². The molecule has 1 N–H and O–H groups in total. The number of carbonyl (C=O) groups excluding carboxylic acids is 1. The van der Waals surface area contributed by atoms with Gasteiger partial charge in [-0.05, 0) is 42.3 Å². The lowest BCUT2D eigenvalue weighted by molar-refractivity contribution is 0.102. The van der Waals surface area contributed by atoms with Crippen LogP contribution >= 0.6 is 0 Å². The summed E-state index contributed by atoms with van der Waals surface area (Å²) in [5.41, 5.74) is 3.83. The number of hydrogen-bond donors (Lipinski definition) is 1. The van der Waals surface area contributed by atoms with Crippen LogP contribution in [-0.2, 0) is 6.42 Å². The average Bonchev–Trinajstić information content (AvgIpc) is 2.79. The molecule has 4 rings (SSSR count). The second-order valence-corrected chi connectivity index (χ2v) is 7.20. The molecule has 3 aromatic rings. The Bertz CT molecular complexity index is 924. The normalized spacial score (nSPS) is 14.6. The lowest BCUT2D eigenvalue weighted by atomic mass is 10.1. The fourth-order valence-corrected chi connectivity index (χ4v) is 3.59. The monoisotopic (exact) mass is 387 g/mol. The number of nitrogens with zero attached hydrogens (tertiary/aromatic N) is 4. The Morgan fingerprint density at radius 3 is 2.52 bits per heavy atom. The third-order valence-electron chi connectivity index (χ3n) is 5.24. The zero-order valence-electron chi connectivity index (χ0n) is 16.4. The van der Waals surface area contributed by atoms with Crippen LogP contribution in [0.25, 0.3) is 0 Å². The van der Waals surface area contributed by atoms with Gasteiger partial charge >= 0.3 is 0 Å². The van der Waals surface area contributed by atoms with Crippen molar-refractivity contribution < 1.29 is 4.79 Å². The number of anilines is 2. The molecule has 0 aliphatic carbocycles. The number of amides is 1. The number of nitrogens with one attached hydrogen (secondary N) is 1. The van der Waals surface area contributed by atoms with Crippen LogP contribution in [0.15, 0.2) is 73.1 Å². The van der Waals surface area contributed by atoms with Crippen molar-refractivity contribution in [1.29, 1.82) is 0 Å². The van der Waals surface area contributed by atoms with E-state index in [2.05, 4.69) is 61.7 Å². The number of piperazine rings is 1. The van der Waals surface area contributed by atoms with Gasteiger partial charge in [0.1, 0.15) is 0 Å². The Morgan fingerprint density at radius 1 is 0.931 bits per heavy atom. The Kier molecular flexibility index (Phi) is 6.12. The molecule has 1 amide bonds. The van der Waals surface area contributed by atoms with Gasteiger partial charge in [-0.2, -0.15) is 10.2 Å². The first-order chi connectivity index (χ1) is 14.3. The van der Waals surface area contributed by atoms with Gasteiger partial charge in [0, 0.05) is 44.1 Å². The third kappa shape index (κ3) is 5.18. The molecule has 1 aliphatic rings. The highest BCUT2D eigenvalue weighted by molar-refractivity contribution is 6.03. The number of para-hydroxylation sites is 1. The van der Waals surface area contributed by atoms with Crippen molar-refractivity contribution in [2.75, 3.05) is 42.9 Å². The molecule has 1 aliphatic heterocycles. The van der Waals surface area contributed by atoms with Gasteiger partial charge in [-0.1, -0.05) is 30.3 Å². The van der Waals surface area contributed by atoms with E-state index in [9.17, 15) is 4.79 Å². The highest BCUT2D eigenvalue weighted by Gasteiger charge is 2.16. The third-order valence-corrected chi connectivity index (χ3v) is 5.24. The molecule has 0 atom stereocenters. The van der Waals surface area contributed by atoms with Crippen LogP contribution in [0.1, 0.15) is 15.9 Å². The second kappa shape index (κ2) is 9.30. The quantitative estimate of drug-likeness (QED) is 0.704. The van der Waals surface area contributed by atoms with Gasteiger partial charge < -0.3 is 10.2 Å². The largest absolute Gasteiger partial charge is 0.369 e. The Morgan fingerprint density at radius 2 is 1.76 bits per heavy atom. The van der Waals surface area contributed by atoms with Crippen LogP contribution in [0, 0.1) is 0 Å². The van der Waals surface area contributed by atoms with Crippen LogP contribution in [0.2, 0.25) is 0 Å². The minimum Gasteiger partial charge on any atom is -0.369 e. The lowest BCUT2D eigenvalue weighted by Crippen LogP contribution is -2.46. The zero-order valence-corrected chi connectivity index (χ0v) is 16.4. The number of carbonyl (C=O) groups is 1. The minimum absolute atomic E-state index is 0.172. The zero-order chi connectivity index (χ0) is 19.9. The molecular weight excluding hydrogens is 362 g/mol. The Balaban J connectivity index is 1.27. The van der Waals surface area contributed by atoms with Crippen LogP contribution in [0.5, 0.6) is 0 Å². The van der Waals surface area contributed by atoms with Gasteiger partial charge in [0.25, 0.3) is 5.91 Å². The van der Waals surface area contributed by atoms with Crippen LogP contribution < -0.4 is 10.2 Å². The minimum atomic E-state index is -0.172. The molecule has 2 heterocycles. The maximum Gasteiger partial charge on any atom is 0.257 e. The average molecular weight is 387 g/mol. The molecule has 1 saturated heterocycles. The molecule has 1 fully saturated rings. The van der Waals surface area contributed by atoms with Gasteiger partial charge in [0.2, 0.25) is 0 Å². The highest BCUT2D eigenvalue weighted by atomic mass is 16.1. The molecule has 0 radical (unpaired) electrons. The SMILES string of the molecule is O=C(Nc1cccc(CCN2CCN(c3ccccc3)CC2)c1)c1ccnnc1. The molecular formula is C23H25N5O. The van der Waals surface area contributed by atoms with E-state index in [1.54, 1.807) is 6.07 Å². The molecule has 0 bridgehead atoms. The van der Waals surface area contributed by atoms with E-state index < -0.39 is 0 Å². The van der Waals surface area contributed by atoms with Crippen molar-refractivity contribution in [3.8, 4) is 0 Å². The van der Waals surface area contributed by atoms with Gasteiger partial charge in [-0.15, -0.1) is 0 Å². The Labute approximate surface area is 171 Å². The molecule has 2 aromatic carbocycles. The fraction of sp³-hybridized carbons (Fsp3) is 0.261. The Hall–Kier alpha value is -3.25. The molecule has 1 aromatic heterocycles. The highest BCUT2D eigenvalue weighted by Crippen LogP contribution is 2.17. The summed E-state index contributed by atoms with van der Waals surface area (Å²) in [5, 5.41) is 10.4. The standard InChI is InChI=1S/C23H25N5O/c29-23(20-9-11-24-25-18-20)26-21-6-4-5-19(17-21)10-12-27-13-15-28(16-14-27)22-7-2-1-3-8-22/h1-9,11,17-18H,10,12-16H2,(H,26,29). The maximum atomic E-state index is 12.3. The summed E-state index contributed by atoms with van der Waals surface area (Å²) in [6.07, 6.45) is 3.95. The predicted molar refractivity (Wildman–Crippen MR) is 115 cm³/mol. The van der Waals surface area contributed by atoms with Crippen molar-refractivity contribution in [3.05, 3.63) is 84.2 Å². The van der Waals surface area contributed by atoms with Crippen molar-refractivity contribution in [2.24, 2.45) is 0 Å². The van der Waals surface area contributed by atoms with Gasteiger partial charge in [0.05, 0.1) is 18.0 Å². The molecule has 0 saturated carbocycles. The molecule has 6 heteroatoms. The molecule has 6 nitrogen and oxygen atoms in total. The molecule has 0 spiro atoms. The van der Waals surface area contributed by atoms with Crippen molar-refractivity contribution in [2.45, 2.75) is 6.42 Å². The number of benzene rings is 2. The summed E-state index contributed by atoms with van der Waals surface area (Å²) < 4.78 is 0. The van der Waals surface area contributed by atoms with Crippen molar-refractivity contribution in [1.82, 2.24) is 15.1 Å². The first-order valence-corrected chi connectivity index (χ1v) is 9.97. The summed E-state index contributed by atoms with van der Waals surface area (Å²) in [6, 6.07) is 20.3. The van der Waals surface area contributed by atoms with Gasteiger partial charge in [-0.3, -0.25) is 9.69 Å². The van der Waals surface area contributed by atoms with Gasteiger partial charge in [-0.25, -0.2) is 0 Å². The van der Waals surface area contributed by atoms with E-state index in [4.69, 9.17) is 0 Å². The lowest BCUT2D eigenvalue weighted by Gasteiger charge is -2.36. The van der Waals surface area contributed by atoms with E-state index in [0.717, 1.165) is 44.8 Å². The number of aromatic nitrogens is 2. The van der Waals surface area contributed by atoms with E-state index >= 15 is 0 Å². The smallest absolute Gasteiger partial charge is 0.257 e. The summed E-state index contributed by atoms with van der Waals surface area (Å²) >= 11 is 0. The van der Waals surface area contributed by atoms with E-state index in [-0.39, 0.29) is 5.91 Å². The first-order valence-electron chi connectivity index (χ1n) is 9.97. The number of rotatable bonds is 6. The van der Waals surface area contributed by atoms with Crippen LogP contribution in [0.4, 0.5) is 11.4 Å².